The Morgan fingerprint density at radius 1 is 0.824 bits per heavy atom. The van der Waals surface area contributed by atoms with E-state index in [9.17, 15) is 22.0 Å². The Balaban J connectivity index is 2.78. The molecule has 0 aliphatic rings. The SMILES string of the molecule is Cc1cc(-c2c(F)c(F)c(F)c(F)c2F)cs1. The molecular weight excluding hydrogens is 259 g/mol. The second-order valence-corrected chi connectivity index (χ2v) is 4.51. The first-order chi connectivity index (χ1) is 7.93. The van der Waals surface area contributed by atoms with Crippen molar-refractivity contribution in [3.8, 4) is 11.1 Å². The van der Waals surface area contributed by atoms with E-state index in [0.29, 0.717) is 4.88 Å². The number of rotatable bonds is 1. The Hall–Kier alpha value is -1.43. The maximum atomic E-state index is 13.4. The van der Waals surface area contributed by atoms with Gasteiger partial charge < -0.3 is 0 Å². The minimum atomic E-state index is -2.14. The predicted molar refractivity (Wildman–Crippen MR) is 54.3 cm³/mol. The molecule has 2 aromatic rings. The molecule has 0 amide bonds. The minimum Gasteiger partial charge on any atom is -0.203 e. The van der Waals surface area contributed by atoms with Crippen molar-refractivity contribution in [2.45, 2.75) is 6.92 Å². The Bertz CT molecular complexity index is 559. The molecule has 6 heteroatoms. The van der Waals surface area contributed by atoms with Crippen LogP contribution < -0.4 is 0 Å². The van der Waals surface area contributed by atoms with Gasteiger partial charge in [0.05, 0.1) is 5.56 Å². The summed E-state index contributed by atoms with van der Waals surface area (Å²) in [5.41, 5.74) is -0.897. The van der Waals surface area contributed by atoms with E-state index in [1.807, 2.05) is 0 Å². The average Bonchev–Trinajstić information content (AvgIpc) is 2.71. The highest BCUT2D eigenvalue weighted by Gasteiger charge is 2.26. The van der Waals surface area contributed by atoms with Crippen molar-refractivity contribution in [2.75, 3.05) is 0 Å². The largest absolute Gasteiger partial charge is 0.203 e. The number of benzene rings is 1. The predicted octanol–water partition coefficient (Wildman–Crippen LogP) is 4.42. The summed E-state index contributed by atoms with van der Waals surface area (Å²) in [6, 6.07) is 1.36. The van der Waals surface area contributed by atoms with Crippen molar-refractivity contribution >= 4 is 11.3 Å². The lowest BCUT2D eigenvalue weighted by atomic mass is 10.1. The first kappa shape index (κ1) is 12.0. The summed E-state index contributed by atoms with van der Waals surface area (Å²) in [6.45, 7) is 1.67. The molecule has 0 saturated heterocycles. The molecule has 0 spiro atoms. The number of thiophene rings is 1. The first-order valence-corrected chi connectivity index (χ1v) is 5.38. The van der Waals surface area contributed by atoms with E-state index in [1.54, 1.807) is 6.92 Å². The van der Waals surface area contributed by atoms with Crippen LogP contribution in [0.5, 0.6) is 0 Å². The van der Waals surface area contributed by atoms with Gasteiger partial charge in [0.25, 0.3) is 0 Å². The lowest BCUT2D eigenvalue weighted by molar-refractivity contribution is 0.381. The number of halogens is 5. The molecule has 0 unspecified atom stereocenters. The van der Waals surface area contributed by atoms with E-state index in [1.165, 1.54) is 11.4 Å². The van der Waals surface area contributed by atoms with Gasteiger partial charge in [0.15, 0.2) is 23.3 Å². The first-order valence-electron chi connectivity index (χ1n) is 4.50. The summed E-state index contributed by atoms with van der Waals surface area (Å²) >= 11 is 1.16. The van der Waals surface area contributed by atoms with Crippen LogP contribution >= 0.6 is 11.3 Å². The lowest BCUT2D eigenvalue weighted by Gasteiger charge is -2.06. The van der Waals surface area contributed by atoms with Gasteiger partial charge in [-0.05, 0) is 23.9 Å². The Morgan fingerprint density at radius 3 is 1.71 bits per heavy atom. The quantitative estimate of drug-likeness (QED) is 0.406. The number of aryl methyl sites for hydroxylation is 1. The smallest absolute Gasteiger partial charge is 0.200 e. The summed E-state index contributed by atoms with van der Waals surface area (Å²) in [5, 5.41) is 1.34. The molecule has 0 atom stereocenters. The zero-order valence-electron chi connectivity index (χ0n) is 8.45. The van der Waals surface area contributed by atoms with Crippen LogP contribution in [0.3, 0.4) is 0 Å². The third-order valence-corrected chi connectivity index (χ3v) is 3.09. The van der Waals surface area contributed by atoms with Gasteiger partial charge in [-0.1, -0.05) is 0 Å². The maximum Gasteiger partial charge on any atom is 0.200 e. The fourth-order valence-electron chi connectivity index (χ4n) is 1.43. The molecule has 0 nitrogen and oxygen atoms in total. The van der Waals surface area contributed by atoms with Crippen molar-refractivity contribution in [2.24, 2.45) is 0 Å². The fraction of sp³-hybridized carbons (Fsp3) is 0.0909. The third kappa shape index (κ3) is 1.82. The van der Waals surface area contributed by atoms with Crippen molar-refractivity contribution in [3.05, 3.63) is 45.4 Å². The summed E-state index contributed by atoms with van der Waals surface area (Å²) in [6.07, 6.45) is 0. The van der Waals surface area contributed by atoms with Crippen molar-refractivity contribution in [1.82, 2.24) is 0 Å². The monoisotopic (exact) mass is 264 g/mol. The molecule has 0 saturated carbocycles. The number of hydrogen-bond acceptors (Lipinski definition) is 1. The lowest BCUT2D eigenvalue weighted by Crippen LogP contribution is -2.03. The van der Waals surface area contributed by atoms with Crippen LogP contribution in [0.4, 0.5) is 22.0 Å². The zero-order chi connectivity index (χ0) is 12.7. The molecule has 1 heterocycles. The standard InChI is InChI=1S/C11H5F5S/c1-4-2-5(3-17-4)6-7(12)9(14)11(16)10(15)8(6)13/h2-3H,1H3. The van der Waals surface area contributed by atoms with Crippen molar-refractivity contribution < 1.29 is 22.0 Å². The Labute approximate surface area is 97.3 Å². The molecule has 0 aliphatic heterocycles. The zero-order valence-corrected chi connectivity index (χ0v) is 9.27. The third-order valence-electron chi connectivity index (χ3n) is 2.23. The van der Waals surface area contributed by atoms with Crippen molar-refractivity contribution in [3.63, 3.8) is 0 Å². The van der Waals surface area contributed by atoms with Gasteiger partial charge in [0, 0.05) is 4.88 Å². The van der Waals surface area contributed by atoms with E-state index in [0.717, 1.165) is 11.3 Å². The highest BCUT2D eigenvalue weighted by molar-refractivity contribution is 7.10. The summed E-state index contributed by atoms with van der Waals surface area (Å²) in [7, 11) is 0. The van der Waals surface area contributed by atoms with E-state index < -0.39 is 34.6 Å². The van der Waals surface area contributed by atoms with Crippen LogP contribution in [-0.2, 0) is 0 Å². The van der Waals surface area contributed by atoms with E-state index >= 15 is 0 Å². The Morgan fingerprint density at radius 2 is 1.29 bits per heavy atom. The summed E-state index contributed by atoms with van der Waals surface area (Å²) < 4.78 is 65.4. The van der Waals surface area contributed by atoms with Crippen LogP contribution in [0.1, 0.15) is 4.88 Å². The Kier molecular flexibility index (Phi) is 2.91. The minimum absolute atomic E-state index is 0.0136. The fourth-order valence-corrected chi connectivity index (χ4v) is 2.13. The molecular formula is C11H5F5S. The average molecular weight is 264 g/mol. The second-order valence-electron chi connectivity index (χ2n) is 3.39. The van der Waals surface area contributed by atoms with Gasteiger partial charge in [0.1, 0.15) is 0 Å². The molecule has 0 aliphatic carbocycles. The molecule has 17 heavy (non-hydrogen) atoms. The van der Waals surface area contributed by atoms with Crippen LogP contribution in [0.2, 0.25) is 0 Å². The summed E-state index contributed by atoms with van der Waals surface area (Å²) in [5.74, 6) is -9.61. The molecule has 0 bridgehead atoms. The van der Waals surface area contributed by atoms with E-state index in [-0.39, 0.29) is 5.56 Å². The van der Waals surface area contributed by atoms with Crippen LogP contribution in [-0.4, -0.2) is 0 Å². The van der Waals surface area contributed by atoms with Crippen LogP contribution in [0.25, 0.3) is 11.1 Å². The maximum absolute atomic E-state index is 13.4. The molecule has 0 N–H and O–H groups in total. The van der Waals surface area contributed by atoms with E-state index in [4.69, 9.17) is 0 Å². The summed E-state index contributed by atoms with van der Waals surface area (Å²) in [4.78, 5) is 0.712. The highest BCUT2D eigenvalue weighted by atomic mass is 32.1. The van der Waals surface area contributed by atoms with Crippen LogP contribution in [0, 0.1) is 36.0 Å². The molecule has 0 fully saturated rings. The second kappa shape index (κ2) is 4.10. The van der Waals surface area contributed by atoms with Gasteiger partial charge in [-0.15, -0.1) is 11.3 Å². The topological polar surface area (TPSA) is 0 Å². The van der Waals surface area contributed by atoms with Crippen LogP contribution in [0.15, 0.2) is 11.4 Å². The molecule has 1 aromatic carbocycles. The van der Waals surface area contributed by atoms with Gasteiger partial charge in [-0.2, -0.15) is 0 Å². The van der Waals surface area contributed by atoms with Gasteiger partial charge in [-0.25, -0.2) is 22.0 Å². The normalized spacial score (nSPS) is 10.9. The molecule has 0 radical (unpaired) electrons. The molecule has 2 rings (SSSR count). The highest BCUT2D eigenvalue weighted by Crippen LogP contribution is 2.33. The van der Waals surface area contributed by atoms with Gasteiger partial charge in [0.2, 0.25) is 5.82 Å². The van der Waals surface area contributed by atoms with Gasteiger partial charge in [-0.3, -0.25) is 0 Å². The number of hydrogen-bond donors (Lipinski definition) is 0. The molecule has 1 aromatic heterocycles. The molecule has 90 valence electrons. The van der Waals surface area contributed by atoms with E-state index in [2.05, 4.69) is 0 Å². The van der Waals surface area contributed by atoms with Crippen molar-refractivity contribution in [1.29, 1.82) is 0 Å². The van der Waals surface area contributed by atoms with Gasteiger partial charge >= 0.3 is 0 Å².